The Hall–Kier alpha value is -1.12. The van der Waals surface area contributed by atoms with E-state index in [1.54, 1.807) is 5.56 Å². The van der Waals surface area contributed by atoms with Crippen molar-refractivity contribution in [1.82, 2.24) is 5.32 Å². The van der Waals surface area contributed by atoms with Gasteiger partial charge in [0.2, 0.25) is 0 Å². The topological polar surface area (TPSA) is 12.0 Å². The van der Waals surface area contributed by atoms with Gasteiger partial charge in [-0.15, -0.1) is 11.3 Å². The van der Waals surface area contributed by atoms with Crippen LogP contribution in [0.4, 0.5) is 0 Å². The third-order valence-corrected chi connectivity index (χ3v) is 5.45. The standard InChI is InChI=1S/C18H23NS/c1-12-4-6-15(7-5-12)18-11-19-9-8-16(18)17-10-13(2)20-14(17)3/h4-7,10,16,18-19H,8-9,11H2,1-3H3. The Balaban J connectivity index is 1.95. The number of nitrogens with one attached hydrogen (secondary N) is 1. The van der Waals surface area contributed by atoms with Crippen LogP contribution in [-0.4, -0.2) is 13.1 Å². The van der Waals surface area contributed by atoms with Crippen molar-refractivity contribution in [2.75, 3.05) is 13.1 Å². The van der Waals surface area contributed by atoms with Gasteiger partial charge in [-0.25, -0.2) is 0 Å². The minimum Gasteiger partial charge on any atom is -0.316 e. The zero-order valence-electron chi connectivity index (χ0n) is 12.6. The molecule has 2 unspecified atom stereocenters. The molecule has 20 heavy (non-hydrogen) atoms. The summed E-state index contributed by atoms with van der Waals surface area (Å²) >= 11 is 1.94. The van der Waals surface area contributed by atoms with Crippen LogP contribution in [-0.2, 0) is 0 Å². The molecule has 0 aliphatic carbocycles. The van der Waals surface area contributed by atoms with E-state index in [1.165, 1.54) is 27.3 Å². The monoisotopic (exact) mass is 285 g/mol. The summed E-state index contributed by atoms with van der Waals surface area (Å²) in [7, 11) is 0. The van der Waals surface area contributed by atoms with Crippen LogP contribution in [0.3, 0.4) is 0 Å². The smallest absolute Gasteiger partial charge is 0.00520 e. The van der Waals surface area contributed by atoms with E-state index in [4.69, 9.17) is 0 Å². The van der Waals surface area contributed by atoms with Crippen molar-refractivity contribution in [3.63, 3.8) is 0 Å². The fraction of sp³-hybridized carbons (Fsp3) is 0.444. The van der Waals surface area contributed by atoms with E-state index < -0.39 is 0 Å². The lowest BCUT2D eigenvalue weighted by Crippen LogP contribution is -2.34. The largest absolute Gasteiger partial charge is 0.316 e. The molecule has 1 aromatic heterocycles. The third kappa shape index (κ3) is 2.68. The van der Waals surface area contributed by atoms with Crippen molar-refractivity contribution in [3.8, 4) is 0 Å². The van der Waals surface area contributed by atoms with E-state index in [1.807, 2.05) is 11.3 Å². The van der Waals surface area contributed by atoms with Crippen LogP contribution in [0.5, 0.6) is 0 Å². The van der Waals surface area contributed by atoms with E-state index in [0.29, 0.717) is 11.8 Å². The van der Waals surface area contributed by atoms with E-state index in [9.17, 15) is 0 Å². The molecular weight excluding hydrogens is 262 g/mol. The first-order valence-corrected chi connectivity index (χ1v) is 8.31. The maximum atomic E-state index is 3.58. The molecule has 2 heterocycles. The molecule has 106 valence electrons. The number of rotatable bonds is 2. The molecule has 0 saturated carbocycles. The molecule has 2 heteroatoms. The second kappa shape index (κ2) is 5.71. The quantitative estimate of drug-likeness (QED) is 0.854. The molecular formula is C18H23NS. The number of benzene rings is 1. The third-order valence-electron chi connectivity index (χ3n) is 4.47. The summed E-state index contributed by atoms with van der Waals surface area (Å²) in [4.78, 5) is 2.95. The van der Waals surface area contributed by atoms with Gasteiger partial charge in [0.15, 0.2) is 0 Å². The highest BCUT2D eigenvalue weighted by Gasteiger charge is 2.29. The second-order valence-electron chi connectivity index (χ2n) is 5.99. The van der Waals surface area contributed by atoms with Crippen LogP contribution in [0, 0.1) is 20.8 Å². The van der Waals surface area contributed by atoms with Crippen molar-refractivity contribution < 1.29 is 0 Å². The first-order valence-electron chi connectivity index (χ1n) is 7.49. The zero-order chi connectivity index (χ0) is 14.1. The molecule has 1 N–H and O–H groups in total. The minimum absolute atomic E-state index is 0.608. The van der Waals surface area contributed by atoms with E-state index in [-0.39, 0.29) is 0 Å². The molecule has 0 amide bonds. The highest BCUT2D eigenvalue weighted by atomic mass is 32.1. The Morgan fingerprint density at radius 3 is 2.45 bits per heavy atom. The summed E-state index contributed by atoms with van der Waals surface area (Å²) in [5, 5.41) is 3.58. The van der Waals surface area contributed by atoms with Crippen molar-refractivity contribution >= 4 is 11.3 Å². The van der Waals surface area contributed by atoms with Gasteiger partial charge in [-0.1, -0.05) is 29.8 Å². The number of aryl methyl sites for hydroxylation is 3. The summed E-state index contributed by atoms with van der Waals surface area (Å²) in [6, 6.07) is 11.5. The lowest BCUT2D eigenvalue weighted by Gasteiger charge is -2.33. The normalized spacial score (nSPS) is 22.9. The van der Waals surface area contributed by atoms with E-state index in [0.717, 1.165) is 13.1 Å². The van der Waals surface area contributed by atoms with Crippen molar-refractivity contribution in [2.45, 2.75) is 39.0 Å². The number of hydrogen-bond acceptors (Lipinski definition) is 2. The second-order valence-corrected chi connectivity index (χ2v) is 7.45. The Morgan fingerprint density at radius 2 is 1.80 bits per heavy atom. The predicted molar refractivity (Wildman–Crippen MR) is 87.9 cm³/mol. The average molecular weight is 285 g/mol. The van der Waals surface area contributed by atoms with E-state index in [2.05, 4.69) is 56.4 Å². The lowest BCUT2D eigenvalue weighted by molar-refractivity contribution is 0.404. The summed E-state index contributed by atoms with van der Waals surface area (Å²) in [5.74, 6) is 1.28. The summed E-state index contributed by atoms with van der Waals surface area (Å²) < 4.78 is 0. The molecule has 3 rings (SSSR count). The Morgan fingerprint density at radius 1 is 1.05 bits per heavy atom. The molecule has 2 atom stereocenters. The number of hydrogen-bond donors (Lipinski definition) is 1. The van der Waals surface area contributed by atoms with Gasteiger partial charge in [-0.2, -0.15) is 0 Å². The SMILES string of the molecule is Cc1ccc(C2CNCCC2c2cc(C)sc2C)cc1. The fourth-order valence-electron chi connectivity index (χ4n) is 3.41. The van der Waals surface area contributed by atoms with Gasteiger partial charge in [0, 0.05) is 22.2 Å². The molecule has 0 bridgehead atoms. The Labute approximate surface area is 126 Å². The van der Waals surface area contributed by atoms with Crippen molar-refractivity contribution in [2.24, 2.45) is 0 Å². The van der Waals surface area contributed by atoms with Crippen LogP contribution in [0.25, 0.3) is 0 Å². The van der Waals surface area contributed by atoms with Gasteiger partial charge in [0.1, 0.15) is 0 Å². The molecule has 1 fully saturated rings. The fourth-order valence-corrected chi connectivity index (χ4v) is 4.41. The first kappa shape index (κ1) is 13.8. The van der Waals surface area contributed by atoms with Gasteiger partial charge in [-0.05, 0) is 56.8 Å². The number of thiophene rings is 1. The van der Waals surface area contributed by atoms with Gasteiger partial charge in [0.25, 0.3) is 0 Å². The van der Waals surface area contributed by atoms with Crippen LogP contribution in [0.2, 0.25) is 0 Å². The minimum atomic E-state index is 0.608. The Kier molecular flexibility index (Phi) is 3.95. The van der Waals surface area contributed by atoms with Gasteiger partial charge < -0.3 is 5.32 Å². The molecule has 0 radical (unpaired) electrons. The van der Waals surface area contributed by atoms with Crippen LogP contribution in [0.15, 0.2) is 30.3 Å². The highest BCUT2D eigenvalue weighted by molar-refractivity contribution is 7.12. The predicted octanol–water partition coefficient (Wildman–Crippen LogP) is 4.53. The molecule has 2 aromatic rings. The van der Waals surface area contributed by atoms with Gasteiger partial charge >= 0.3 is 0 Å². The molecule has 1 aromatic carbocycles. The molecule has 1 saturated heterocycles. The highest BCUT2D eigenvalue weighted by Crippen LogP contribution is 2.40. The number of piperidine rings is 1. The van der Waals surface area contributed by atoms with Crippen LogP contribution < -0.4 is 5.32 Å². The molecule has 1 aliphatic rings. The first-order chi connectivity index (χ1) is 9.65. The van der Waals surface area contributed by atoms with Crippen molar-refractivity contribution in [3.05, 3.63) is 56.8 Å². The van der Waals surface area contributed by atoms with E-state index >= 15 is 0 Å². The molecule has 1 nitrogen and oxygen atoms in total. The lowest BCUT2D eigenvalue weighted by atomic mass is 9.77. The average Bonchev–Trinajstić information content (AvgIpc) is 2.78. The Bertz CT molecular complexity index is 582. The molecule has 1 aliphatic heterocycles. The van der Waals surface area contributed by atoms with Crippen LogP contribution in [0.1, 0.15) is 44.7 Å². The summed E-state index contributed by atoms with van der Waals surface area (Å²) in [6.45, 7) is 8.90. The summed E-state index contributed by atoms with van der Waals surface area (Å²) in [5.41, 5.74) is 4.41. The maximum Gasteiger partial charge on any atom is 0.00520 e. The van der Waals surface area contributed by atoms with Crippen LogP contribution >= 0.6 is 11.3 Å². The van der Waals surface area contributed by atoms with Crippen molar-refractivity contribution in [1.29, 1.82) is 0 Å². The van der Waals surface area contributed by atoms with Gasteiger partial charge in [0.05, 0.1) is 0 Å². The zero-order valence-corrected chi connectivity index (χ0v) is 13.4. The molecule has 0 spiro atoms. The van der Waals surface area contributed by atoms with Gasteiger partial charge in [-0.3, -0.25) is 0 Å². The summed E-state index contributed by atoms with van der Waals surface area (Å²) in [6.07, 6.45) is 1.25. The maximum absolute atomic E-state index is 3.58.